The number of carbonyl (C=O) groups excluding carboxylic acids is 1. The number of carbonyl (C=O) groups is 1. The largest absolute Gasteiger partial charge is 0.573 e. The number of thioether (sulfide) groups is 1. The molecule has 44 heavy (non-hydrogen) atoms. The average Bonchev–Trinajstić information content (AvgIpc) is 3.58. The highest BCUT2D eigenvalue weighted by Gasteiger charge is 2.32. The van der Waals surface area contributed by atoms with Gasteiger partial charge in [0.25, 0.3) is 0 Å². The molecule has 10 nitrogen and oxygen atoms in total. The molecule has 1 aliphatic heterocycles. The zero-order valence-corrected chi connectivity index (χ0v) is 24.8. The van der Waals surface area contributed by atoms with Gasteiger partial charge in [-0.3, -0.25) is 9.69 Å². The lowest BCUT2D eigenvalue weighted by Gasteiger charge is -2.23. The molecule has 1 aromatic heterocycles. The fourth-order valence-electron chi connectivity index (χ4n) is 4.40. The number of amides is 1. The van der Waals surface area contributed by atoms with Crippen LogP contribution in [0.15, 0.2) is 78.0 Å². The first-order valence-electron chi connectivity index (χ1n) is 13.5. The monoisotopic (exact) mass is 626 g/mol. The molecule has 0 spiro atoms. The van der Waals surface area contributed by atoms with Crippen LogP contribution in [0.5, 0.6) is 11.8 Å². The standard InChI is InChI=1S/C30H29F3N6O4S/c1-18(2)24-13-4-19(3)14-25(24)39-26(40)16-44-29(39)36-27(41)35-21-7-5-20(6-8-21)15-42-28-34-17-38(37-28)22-9-11-23(12-10-22)43-30(31,32)33/h4-14,17-18,27,35,41H,15-16H2,1-3H3. The van der Waals surface area contributed by atoms with Gasteiger partial charge in [-0.15, -0.1) is 18.3 Å². The predicted octanol–water partition coefficient (Wildman–Crippen LogP) is 6.00. The molecule has 2 N–H and O–H groups in total. The van der Waals surface area contributed by atoms with Gasteiger partial charge in [0.05, 0.1) is 17.1 Å². The fraction of sp³-hybridized carbons (Fsp3) is 0.267. The van der Waals surface area contributed by atoms with E-state index in [4.69, 9.17) is 4.74 Å². The number of hydrogen-bond donors (Lipinski definition) is 2. The number of aliphatic hydroxyl groups is 1. The van der Waals surface area contributed by atoms with E-state index in [-0.39, 0.29) is 35.9 Å². The number of benzene rings is 3. The van der Waals surface area contributed by atoms with Gasteiger partial charge < -0.3 is 19.9 Å². The quantitative estimate of drug-likeness (QED) is 0.206. The summed E-state index contributed by atoms with van der Waals surface area (Å²) in [6.45, 7) is 6.25. The molecule has 1 atom stereocenters. The third kappa shape index (κ3) is 7.68. The second-order valence-electron chi connectivity index (χ2n) is 10.2. The van der Waals surface area contributed by atoms with E-state index in [2.05, 4.69) is 39.0 Å². The Morgan fingerprint density at radius 3 is 2.50 bits per heavy atom. The van der Waals surface area contributed by atoms with Crippen molar-refractivity contribution in [1.29, 1.82) is 0 Å². The number of rotatable bonds is 10. The van der Waals surface area contributed by atoms with Crippen LogP contribution in [0.25, 0.3) is 5.69 Å². The van der Waals surface area contributed by atoms with Crippen molar-refractivity contribution in [3.63, 3.8) is 0 Å². The Labute approximate surface area is 255 Å². The lowest BCUT2D eigenvalue weighted by molar-refractivity contribution is -0.274. The normalized spacial score (nSPS) is 15.2. The van der Waals surface area contributed by atoms with Crippen molar-refractivity contribution in [3.8, 4) is 17.4 Å². The van der Waals surface area contributed by atoms with Gasteiger partial charge in [0, 0.05) is 5.69 Å². The topological polar surface area (TPSA) is 114 Å². The molecule has 1 amide bonds. The van der Waals surface area contributed by atoms with Crippen LogP contribution < -0.4 is 19.7 Å². The molecule has 0 saturated carbocycles. The molecule has 0 aliphatic carbocycles. The summed E-state index contributed by atoms with van der Waals surface area (Å²) in [5, 5.41) is 18.2. The highest BCUT2D eigenvalue weighted by atomic mass is 32.2. The first-order chi connectivity index (χ1) is 20.9. The third-order valence-electron chi connectivity index (χ3n) is 6.47. The number of alkyl halides is 3. The number of nitrogens with one attached hydrogen (secondary N) is 1. The number of amidine groups is 1. The highest BCUT2D eigenvalue weighted by Crippen LogP contribution is 2.34. The Morgan fingerprint density at radius 1 is 1.09 bits per heavy atom. The van der Waals surface area contributed by atoms with E-state index < -0.39 is 12.7 Å². The molecule has 14 heteroatoms. The van der Waals surface area contributed by atoms with E-state index in [1.54, 1.807) is 29.2 Å². The van der Waals surface area contributed by atoms with Crippen molar-refractivity contribution >= 4 is 34.2 Å². The van der Waals surface area contributed by atoms with Crippen molar-refractivity contribution in [1.82, 2.24) is 14.8 Å². The number of halogens is 3. The number of hydrogen-bond acceptors (Lipinski definition) is 9. The maximum atomic E-state index is 12.8. The van der Waals surface area contributed by atoms with Crippen LogP contribution in [0, 0.1) is 6.92 Å². The van der Waals surface area contributed by atoms with Crippen molar-refractivity contribution in [2.75, 3.05) is 16.0 Å². The van der Waals surface area contributed by atoms with Crippen LogP contribution in [0.2, 0.25) is 0 Å². The van der Waals surface area contributed by atoms with Crippen molar-refractivity contribution in [2.45, 2.75) is 46.0 Å². The van der Waals surface area contributed by atoms with Crippen LogP contribution in [0.1, 0.15) is 36.5 Å². The Balaban J connectivity index is 1.18. The van der Waals surface area contributed by atoms with Gasteiger partial charge in [0.1, 0.15) is 18.7 Å². The molecule has 230 valence electrons. The highest BCUT2D eigenvalue weighted by molar-refractivity contribution is 8.15. The maximum absolute atomic E-state index is 12.8. The van der Waals surface area contributed by atoms with Crippen LogP contribution >= 0.6 is 11.8 Å². The minimum absolute atomic E-state index is 0.0801. The van der Waals surface area contributed by atoms with Gasteiger partial charge >= 0.3 is 12.4 Å². The number of aryl methyl sites for hydroxylation is 1. The van der Waals surface area contributed by atoms with Gasteiger partial charge in [-0.05, 0) is 72.0 Å². The number of aliphatic imine (C=N–C) groups is 1. The van der Waals surface area contributed by atoms with Crippen LogP contribution in [-0.2, 0) is 11.4 Å². The molecule has 5 rings (SSSR count). The summed E-state index contributed by atoms with van der Waals surface area (Å²) in [5.74, 6) is 0.00484. The van der Waals surface area contributed by atoms with E-state index in [0.717, 1.165) is 22.4 Å². The minimum atomic E-state index is -4.77. The molecular formula is C30H29F3N6O4S. The summed E-state index contributed by atoms with van der Waals surface area (Å²) >= 11 is 1.28. The lowest BCUT2D eigenvalue weighted by atomic mass is 9.99. The summed E-state index contributed by atoms with van der Waals surface area (Å²) in [4.78, 5) is 22.8. The summed E-state index contributed by atoms with van der Waals surface area (Å²) in [5.41, 5.74) is 4.69. The van der Waals surface area contributed by atoms with Gasteiger partial charge in [-0.2, -0.15) is 4.98 Å². The Hall–Kier alpha value is -4.56. The molecule has 0 radical (unpaired) electrons. The maximum Gasteiger partial charge on any atom is 0.573 e. The summed E-state index contributed by atoms with van der Waals surface area (Å²) in [6, 6.07) is 18.3. The van der Waals surface area contributed by atoms with Crippen LogP contribution in [0.3, 0.4) is 0 Å². The Morgan fingerprint density at radius 2 is 1.82 bits per heavy atom. The van der Waals surface area contributed by atoms with Gasteiger partial charge in [-0.25, -0.2) is 9.67 Å². The SMILES string of the molecule is Cc1ccc(C(C)C)c(N2C(=O)CSC2=NC(O)Nc2ccc(COc3ncn(-c4ccc(OC(F)(F)F)cc4)n3)cc2)c1. The number of ether oxygens (including phenoxy) is 2. The molecule has 2 heterocycles. The number of aromatic nitrogens is 3. The van der Waals surface area contributed by atoms with Gasteiger partial charge in [-0.1, -0.05) is 49.9 Å². The summed E-state index contributed by atoms with van der Waals surface area (Å²) in [7, 11) is 0. The zero-order valence-electron chi connectivity index (χ0n) is 23.9. The minimum Gasteiger partial charge on any atom is -0.458 e. The van der Waals surface area contributed by atoms with Crippen molar-refractivity contribution in [2.24, 2.45) is 4.99 Å². The third-order valence-corrected chi connectivity index (χ3v) is 7.41. The Kier molecular flexibility index (Phi) is 9.11. The molecule has 1 aliphatic rings. The van der Waals surface area contributed by atoms with E-state index >= 15 is 0 Å². The lowest BCUT2D eigenvalue weighted by Crippen LogP contribution is -2.32. The zero-order chi connectivity index (χ0) is 31.4. The smallest absolute Gasteiger partial charge is 0.458 e. The summed E-state index contributed by atoms with van der Waals surface area (Å²) < 4.78 is 48.0. The second kappa shape index (κ2) is 13.0. The van der Waals surface area contributed by atoms with Crippen molar-refractivity contribution in [3.05, 3.63) is 89.7 Å². The second-order valence-corrected chi connectivity index (χ2v) is 11.1. The van der Waals surface area contributed by atoms with Gasteiger partial charge in [0.2, 0.25) is 12.3 Å². The Bertz CT molecular complexity index is 1640. The van der Waals surface area contributed by atoms with E-state index in [9.17, 15) is 23.1 Å². The molecular weight excluding hydrogens is 597 g/mol. The molecule has 4 aromatic rings. The van der Waals surface area contributed by atoms with Gasteiger partial charge in [0.15, 0.2) is 5.17 Å². The average molecular weight is 627 g/mol. The predicted molar refractivity (Wildman–Crippen MR) is 161 cm³/mol. The number of aliphatic hydroxyl groups excluding tert-OH is 1. The number of nitrogens with zero attached hydrogens (tertiary/aromatic N) is 5. The van der Waals surface area contributed by atoms with Crippen molar-refractivity contribution < 1.29 is 32.5 Å². The first kappa shape index (κ1) is 30.9. The molecule has 3 aromatic carbocycles. The van der Waals surface area contributed by atoms with E-state index in [0.29, 0.717) is 16.5 Å². The fourth-order valence-corrected chi connectivity index (χ4v) is 5.29. The molecule has 0 bridgehead atoms. The summed E-state index contributed by atoms with van der Waals surface area (Å²) in [6.07, 6.45) is -4.68. The van der Waals surface area contributed by atoms with Crippen LogP contribution in [-0.4, -0.2) is 49.4 Å². The number of anilines is 2. The van der Waals surface area contributed by atoms with E-state index in [1.165, 1.54) is 47.0 Å². The molecule has 1 saturated heterocycles. The first-order valence-corrected chi connectivity index (χ1v) is 14.5. The van der Waals surface area contributed by atoms with E-state index in [1.807, 2.05) is 25.1 Å². The molecule has 1 fully saturated rings. The molecule has 1 unspecified atom stereocenters. The van der Waals surface area contributed by atoms with Crippen LogP contribution in [0.4, 0.5) is 24.5 Å².